The predicted molar refractivity (Wildman–Crippen MR) is 64.8 cm³/mol. The highest BCUT2D eigenvalue weighted by molar-refractivity contribution is 6.58. The van der Waals surface area contributed by atoms with Crippen molar-refractivity contribution in [3.05, 3.63) is 54.4 Å². The molecule has 0 aliphatic carbocycles. The van der Waals surface area contributed by atoms with E-state index in [1.54, 1.807) is 36.7 Å². The molecule has 2 rings (SSSR count). The molecule has 1 heterocycles. The summed E-state index contributed by atoms with van der Waals surface area (Å²) in [6.07, 6.45) is 3.43. The standard InChI is InChI=1S/C12H12BNO3/c15-13(16)11-4-1-5-12(7-11)17-9-10-3-2-6-14-8-10/h1-8,15-16H,9H2. The van der Waals surface area contributed by atoms with Gasteiger partial charge in [0.1, 0.15) is 12.4 Å². The highest BCUT2D eigenvalue weighted by Crippen LogP contribution is 2.10. The van der Waals surface area contributed by atoms with Crippen LogP contribution in [0.1, 0.15) is 5.56 Å². The predicted octanol–water partition coefficient (Wildman–Crippen LogP) is 0.340. The summed E-state index contributed by atoms with van der Waals surface area (Å²) in [5, 5.41) is 18.0. The van der Waals surface area contributed by atoms with Crippen molar-refractivity contribution in [2.75, 3.05) is 0 Å². The number of nitrogens with zero attached hydrogens (tertiary/aromatic N) is 1. The third kappa shape index (κ3) is 3.30. The molecule has 0 aliphatic rings. The number of pyridine rings is 1. The first kappa shape index (κ1) is 11.6. The Morgan fingerprint density at radius 3 is 2.76 bits per heavy atom. The SMILES string of the molecule is OB(O)c1cccc(OCc2cccnc2)c1. The van der Waals surface area contributed by atoms with E-state index in [2.05, 4.69) is 4.98 Å². The maximum absolute atomic E-state index is 9.02. The largest absolute Gasteiger partial charge is 0.489 e. The summed E-state index contributed by atoms with van der Waals surface area (Å²) in [6, 6.07) is 10.5. The second-order valence-electron chi connectivity index (χ2n) is 3.60. The molecule has 0 fully saturated rings. The molecule has 0 spiro atoms. The van der Waals surface area contributed by atoms with Gasteiger partial charge in [-0.05, 0) is 23.7 Å². The van der Waals surface area contributed by atoms with Gasteiger partial charge in [0.15, 0.2) is 0 Å². The molecule has 86 valence electrons. The Labute approximate surface area is 99.7 Å². The van der Waals surface area contributed by atoms with E-state index in [4.69, 9.17) is 14.8 Å². The van der Waals surface area contributed by atoms with E-state index >= 15 is 0 Å². The van der Waals surface area contributed by atoms with Crippen LogP contribution in [0, 0.1) is 0 Å². The fraction of sp³-hybridized carbons (Fsp3) is 0.0833. The van der Waals surface area contributed by atoms with Crippen LogP contribution >= 0.6 is 0 Å². The van der Waals surface area contributed by atoms with Gasteiger partial charge in [-0.2, -0.15) is 0 Å². The van der Waals surface area contributed by atoms with E-state index in [-0.39, 0.29) is 0 Å². The highest BCUT2D eigenvalue weighted by Gasteiger charge is 2.10. The molecule has 0 saturated carbocycles. The summed E-state index contributed by atoms with van der Waals surface area (Å²) in [6.45, 7) is 0.402. The average Bonchev–Trinajstić information content (AvgIpc) is 2.38. The maximum Gasteiger partial charge on any atom is 0.488 e. The zero-order chi connectivity index (χ0) is 12.1. The first-order valence-corrected chi connectivity index (χ1v) is 5.23. The Balaban J connectivity index is 2.02. The number of benzene rings is 1. The monoisotopic (exact) mass is 229 g/mol. The Hall–Kier alpha value is -1.85. The lowest BCUT2D eigenvalue weighted by Gasteiger charge is -2.07. The Morgan fingerprint density at radius 2 is 2.06 bits per heavy atom. The molecule has 2 N–H and O–H groups in total. The van der Waals surface area contributed by atoms with E-state index in [1.165, 1.54) is 0 Å². The van der Waals surface area contributed by atoms with Crippen LogP contribution in [0.3, 0.4) is 0 Å². The summed E-state index contributed by atoms with van der Waals surface area (Å²) >= 11 is 0. The summed E-state index contributed by atoms with van der Waals surface area (Å²) in [7, 11) is -1.48. The van der Waals surface area contributed by atoms with Crippen LogP contribution in [0.15, 0.2) is 48.8 Å². The van der Waals surface area contributed by atoms with Gasteiger partial charge in [-0.15, -0.1) is 0 Å². The molecule has 0 aliphatic heterocycles. The molecule has 0 atom stereocenters. The summed E-state index contributed by atoms with van der Waals surface area (Å²) < 4.78 is 5.52. The smallest absolute Gasteiger partial charge is 0.488 e. The van der Waals surface area contributed by atoms with Crippen molar-refractivity contribution in [2.45, 2.75) is 6.61 Å². The molecule has 2 aromatic rings. The van der Waals surface area contributed by atoms with Crippen molar-refractivity contribution in [1.82, 2.24) is 4.98 Å². The normalized spacial score (nSPS) is 10.0. The van der Waals surface area contributed by atoms with Gasteiger partial charge in [-0.3, -0.25) is 4.98 Å². The molecule has 1 aromatic carbocycles. The third-order valence-corrected chi connectivity index (χ3v) is 2.28. The van der Waals surface area contributed by atoms with Crippen LogP contribution < -0.4 is 10.2 Å². The number of ether oxygens (including phenoxy) is 1. The zero-order valence-corrected chi connectivity index (χ0v) is 9.15. The molecule has 4 nitrogen and oxygen atoms in total. The average molecular weight is 229 g/mol. The molecule has 0 bridgehead atoms. The lowest BCUT2D eigenvalue weighted by Crippen LogP contribution is -2.29. The molecule has 5 heteroatoms. The quantitative estimate of drug-likeness (QED) is 0.742. The molecular weight excluding hydrogens is 217 g/mol. The number of rotatable bonds is 4. The minimum atomic E-state index is -1.48. The van der Waals surface area contributed by atoms with Crippen molar-refractivity contribution < 1.29 is 14.8 Å². The molecule has 0 amide bonds. The van der Waals surface area contributed by atoms with Crippen molar-refractivity contribution in [1.29, 1.82) is 0 Å². The van der Waals surface area contributed by atoms with E-state index in [0.717, 1.165) is 5.56 Å². The van der Waals surface area contributed by atoms with E-state index in [0.29, 0.717) is 17.8 Å². The Morgan fingerprint density at radius 1 is 1.18 bits per heavy atom. The molecule has 0 radical (unpaired) electrons. The van der Waals surface area contributed by atoms with Gasteiger partial charge in [0.05, 0.1) is 0 Å². The van der Waals surface area contributed by atoms with Crippen molar-refractivity contribution in [2.24, 2.45) is 0 Å². The maximum atomic E-state index is 9.02. The van der Waals surface area contributed by atoms with Gasteiger partial charge in [-0.1, -0.05) is 18.2 Å². The van der Waals surface area contributed by atoms with Gasteiger partial charge < -0.3 is 14.8 Å². The van der Waals surface area contributed by atoms with Crippen LogP contribution in [-0.2, 0) is 6.61 Å². The van der Waals surface area contributed by atoms with Crippen LogP contribution in [0.25, 0.3) is 0 Å². The number of hydrogen-bond donors (Lipinski definition) is 2. The van der Waals surface area contributed by atoms with Crippen LogP contribution in [0.4, 0.5) is 0 Å². The minimum absolute atomic E-state index is 0.402. The van der Waals surface area contributed by atoms with Gasteiger partial charge in [0, 0.05) is 18.0 Å². The van der Waals surface area contributed by atoms with Gasteiger partial charge in [0.25, 0.3) is 0 Å². The van der Waals surface area contributed by atoms with E-state index in [9.17, 15) is 0 Å². The lowest BCUT2D eigenvalue weighted by molar-refractivity contribution is 0.306. The van der Waals surface area contributed by atoms with Gasteiger partial charge in [0.2, 0.25) is 0 Å². The van der Waals surface area contributed by atoms with Crippen molar-refractivity contribution in [3.63, 3.8) is 0 Å². The first-order chi connectivity index (χ1) is 8.25. The van der Waals surface area contributed by atoms with E-state index < -0.39 is 7.12 Å². The topological polar surface area (TPSA) is 62.6 Å². The fourth-order valence-electron chi connectivity index (χ4n) is 1.42. The molecule has 0 saturated heterocycles. The molecule has 0 unspecified atom stereocenters. The number of aromatic nitrogens is 1. The Kier molecular flexibility index (Phi) is 3.75. The van der Waals surface area contributed by atoms with Gasteiger partial charge in [-0.25, -0.2) is 0 Å². The molecule has 17 heavy (non-hydrogen) atoms. The third-order valence-electron chi connectivity index (χ3n) is 2.28. The van der Waals surface area contributed by atoms with Crippen LogP contribution in [-0.4, -0.2) is 22.2 Å². The summed E-state index contributed by atoms with van der Waals surface area (Å²) in [4.78, 5) is 3.98. The minimum Gasteiger partial charge on any atom is -0.489 e. The molecule has 1 aromatic heterocycles. The van der Waals surface area contributed by atoms with E-state index in [1.807, 2.05) is 12.1 Å². The van der Waals surface area contributed by atoms with Crippen molar-refractivity contribution >= 4 is 12.6 Å². The summed E-state index contributed by atoms with van der Waals surface area (Å²) in [5.41, 5.74) is 1.37. The van der Waals surface area contributed by atoms with Crippen molar-refractivity contribution in [3.8, 4) is 5.75 Å². The molecular formula is C12H12BNO3. The zero-order valence-electron chi connectivity index (χ0n) is 9.15. The van der Waals surface area contributed by atoms with Crippen LogP contribution in [0.5, 0.6) is 5.75 Å². The second-order valence-corrected chi connectivity index (χ2v) is 3.60. The Bertz CT molecular complexity index is 476. The fourth-order valence-corrected chi connectivity index (χ4v) is 1.42. The van der Waals surface area contributed by atoms with Gasteiger partial charge >= 0.3 is 7.12 Å². The number of hydrogen-bond acceptors (Lipinski definition) is 4. The first-order valence-electron chi connectivity index (χ1n) is 5.23. The second kappa shape index (κ2) is 5.47. The lowest BCUT2D eigenvalue weighted by atomic mass is 9.80. The summed E-state index contributed by atoms with van der Waals surface area (Å²) in [5.74, 6) is 0.597. The highest BCUT2D eigenvalue weighted by atomic mass is 16.5. The van der Waals surface area contributed by atoms with Crippen LogP contribution in [0.2, 0.25) is 0 Å².